The fraction of sp³-hybridized carbons (Fsp3) is 0.571. The highest BCUT2D eigenvalue weighted by Crippen LogP contribution is 2.35. The summed E-state index contributed by atoms with van der Waals surface area (Å²) in [6.45, 7) is 0. The Bertz CT molecular complexity index is 323. The van der Waals surface area contributed by atoms with Gasteiger partial charge in [0.05, 0.1) is 6.10 Å². The molecule has 1 saturated carbocycles. The third-order valence-electron chi connectivity index (χ3n) is 3.61. The molecule has 1 unspecified atom stereocenters. The van der Waals surface area contributed by atoms with Crippen molar-refractivity contribution in [2.75, 3.05) is 0 Å². The van der Waals surface area contributed by atoms with E-state index in [0.29, 0.717) is 12.8 Å². The number of hydrogen-bond donors (Lipinski definition) is 2. The molecule has 2 N–H and O–H groups in total. The van der Waals surface area contributed by atoms with Crippen molar-refractivity contribution in [1.29, 1.82) is 0 Å². The first kappa shape index (κ1) is 11.6. The van der Waals surface area contributed by atoms with Gasteiger partial charge in [-0.1, -0.05) is 56.0 Å². The first-order chi connectivity index (χ1) is 7.73. The molecule has 88 valence electrons. The fourth-order valence-electron chi connectivity index (χ4n) is 2.55. The summed E-state index contributed by atoms with van der Waals surface area (Å²) in [6.07, 6.45) is 5.06. The molecule has 0 aliphatic heterocycles. The van der Waals surface area contributed by atoms with Gasteiger partial charge in [0.15, 0.2) is 0 Å². The molecular formula is C14H20O2. The molecule has 1 fully saturated rings. The second-order valence-corrected chi connectivity index (χ2v) is 4.76. The SMILES string of the molecule is O[C@@H]1CCCCCCC1(O)c1ccccc1. The van der Waals surface area contributed by atoms with Crippen molar-refractivity contribution in [3.63, 3.8) is 0 Å². The Morgan fingerprint density at radius 2 is 1.69 bits per heavy atom. The molecule has 0 heterocycles. The van der Waals surface area contributed by atoms with E-state index in [1.165, 1.54) is 6.42 Å². The third-order valence-corrected chi connectivity index (χ3v) is 3.61. The highest BCUT2D eigenvalue weighted by molar-refractivity contribution is 5.23. The monoisotopic (exact) mass is 220 g/mol. The lowest BCUT2D eigenvalue weighted by atomic mass is 9.79. The van der Waals surface area contributed by atoms with Crippen LogP contribution in [-0.2, 0) is 5.60 Å². The number of rotatable bonds is 1. The normalized spacial score (nSPS) is 31.8. The summed E-state index contributed by atoms with van der Waals surface area (Å²) in [5, 5.41) is 20.8. The van der Waals surface area contributed by atoms with Gasteiger partial charge >= 0.3 is 0 Å². The van der Waals surface area contributed by atoms with Gasteiger partial charge in [-0.25, -0.2) is 0 Å². The van der Waals surface area contributed by atoms with Crippen LogP contribution in [0.1, 0.15) is 44.1 Å². The van der Waals surface area contributed by atoms with Crippen LogP contribution in [0, 0.1) is 0 Å². The summed E-state index contributed by atoms with van der Waals surface area (Å²) >= 11 is 0. The maximum Gasteiger partial charge on any atom is 0.115 e. The number of aliphatic hydroxyl groups is 2. The van der Waals surface area contributed by atoms with Gasteiger partial charge in [0.2, 0.25) is 0 Å². The van der Waals surface area contributed by atoms with E-state index in [4.69, 9.17) is 0 Å². The van der Waals surface area contributed by atoms with Crippen molar-refractivity contribution < 1.29 is 10.2 Å². The molecule has 0 aromatic heterocycles. The lowest BCUT2D eigenvalue weighted by Crippen LogP contribution is -2.40. The van der Waals surface area contributed by atoms with Crippen LogP contribution in [0.2, 0.25) is 0 Å². The second kappa shape index (κ2) is 4.98. The fourth-order valence-corrected chi connectivity index (χ4v) is 2.55. The lowest BCUT2D eigenvalue weighted by Gasteiger charge is -2.35. The summed E-state index contributed by atoms with van der Waals surface area (Å²) < 4.78 is 0. The predicted molar refractivity (Wildman–Crippen MR) is 64.0 cm³/mol. The van der Waals surface area contributed by atoms with Crippen LogP contribution >= 0.6 is 0 Å². The van der Waals surface area contributed by atoms with Gasteiger partial charge in [-0.15, -0.1) is 0 Å². The molecule has 1 aliphatic carbocycles. The summed E-state index contributed by atoms with van der Waals surface area (Å²) in [5.41, 5.74) is -0.189. The van der Waals surface area contributed by atoms with E-state index < -0.39 is 11.7 Å². The van der Waals surface area contributed by atoms with Gasteiger partial charge in [-0.2, -0.15) is 0 Å². The standard InChI is InChI=1S/C14H20O2/c15-13-10-6-1-2-7-11-14(13,16)12-8-4-3-5-9-12/h3-5,8-9,13,15-16H,1-2,6-7,10-11H2/t13-,14?/m1/s1. The third kappa shape index (κ3) is 2.28. The smallest absolute Gasteiger partial charge is 0.115 e. The van der Waals surface area contributed by atoms with E-state index in [2.05, 4.69) is 0 Å². The topological polar surface area (TPSA) is 40.5 Å². The zero-order chi connectivity index (χ0) is 11.4. The number of hydrogen-bond acceptors (Lipinski definition) is 2. The average Bonchev–Trinajstić information content (AvgIpc) is 2.32. The Hall–Kier alpha value is -0.860. The van der Waals surface area contributed by atoms with Crippen LogP contribution < -0.4 is 0 Å². The molecule has 2 atom stereocenters. The zero-order valence-electron chi connectivity index (χ0n) is 9.60. The van der Waals surface area contributed by atoms with Gasteiger partial charge < -0.3 is 10.2 Å². The molecule has 16 heavy (non-hydrogen) atoms. The predicted octanol–water partition coefficient (Wildman–Crippen LogP) is 2.59. The molecule has 0 saturated heterocycles. The molecule has 0 amide bonds. The minimum absolute atomic E-state index is 0.629. The van der Waals surface area contributed by atoms with E-state index in [-0.39, 0.29) is 0 Å². The van der Waals surface area contributed by atoms with Gasteiger partial charge in [0, 0.05) is 0 Å². The highest BCUT2D eigenvalue weighted by Gasteiger charge is 2.37. The molecular weight excluding hydrogens is 200 g/mol. The highest BCUT2D eigenvalue weighted by atomic mass is 16.3. The Morgan fingerprint density at radius 3 is 2.44 bits per heavy atom. The first-order valence-electron chi connectivity index (χ1n) is 6.19. The minimum Gasteiger partial charge on any atom is -0.390 e. The summed E-state index contributed by atoms with van der Waals surface area (Å²) in [6, 6.07) is 9.58. The molecule has 2 nitrogen and oxygen atoms in total. The maximum absolute atomic E-state index is 10.7. The minimum atomic E-state index is -1.04. The summed E-state index contributed by atoms with van der Waals surface area (Å²) in [4.78, 5) is 0. The van der Waals surface area contributed by atoms with Crippen molar-refractivity contribution in [2.24, 2.45) is 0 Å². The maximum atomic E-state index is 10.7. The van der Waals surface area contributed by atoms with Gasteiger partial charge in [0.1, 0.15) is 5.60 Å². The molecule has 1 aromatic rings. The van der Waals surface area contributed by atoms with Crippen LogP contribution in [0.25, 0.3) is 0 Å². The van der Waals surface area contributed by atoms with E-state index in [0.717, 1.165) is 24.8 Å². The van der Waals surface area contributed by atoms with Gasteiger partial charge in [-0.3, -0.25) is 0 Å². The quantitative estimate of drug-likeness (QED) is 0.763. The molecule has 2 rings (SSSR count). The zero-order valence-corrected chi connectivity index (χ0v) is 9.60. The second-order valence-electron chi connectivity index (χ2n) is 4.76. The molecule has 0 spiro atoms. The molecule has 0 radical (unpaired) electrons. The van der Waals surface area contributed by atoms with Crippen molar-refractivity contribution >= 4 is 0 Å². The van der Waals surface area contributed by atoms with E-state index in [1.54, 1.807) is 0 Å². The molecule has 2 heteroatoms. The van der Waals surface area contributed by atoms with Crippen LogP contribution in [0.5, 0.6) is 0 Å². The van der Waals surface area contributed by atoms with Gasteiger partial charge in [-0.05, 0) is 18.4 Å². The van der Waals surface area contributed by atoms with Crippen LogP contribution in [-0.4, -0.2) is 16.3 Å². The average molecular weight is 220 g/mol. The van der Waals surface area contributed by atoms with Crippen LogP contribution in [0.3, 0.4) is 0 Å². The van der Waals surface area contributed by atoms with Crippen molar-refractivity contribution in [1.82, 2.24) is 0 Å². The van der Waals surface area contributed by atoms with Crippen molar-refractivity contribution in [3.8, 4) is 0 Å². The number of aliphatic hydroxyl groups excluding tert-OH is 1. The Balaban J connectivity index is 2.25. The van der Waals surface area contributed by atoms with Crippen molar-refractivity contribution in [3.05, 3.63) is 35.9 Å². The summed E-state index contributed by atoms with van der Waals surface area (Å²) in [5.74, 6) is 0. The molecule has 1 aliphatic rings. The van der Waals surface area contributed by atoms with Crippen molar-refractivity contribution in [2.45, 2.75) is 50.2 Å². The van der Waals surface area contributed by atoms with Gasteiger partial charge in [0.25, 0.3) is 0 Å². The largest absolute Gasteiger partial charge is 0.390 e. The van der Waals surface area contributed by atoms with Crippen LogP contribution in [0.4, 0.5) is 0 Å². The lowest BCUT2D eigenvalue weighted by molar-refractivity contribution is -0.0947. The van der Waals surface area contributed by atoms with E-state index in [1.807, 2.05) is 30.3 Å². The Labute approximate surface area is 96.9 Å². The summed E-state index contributed by atoms with van der Waals surface area (Å²) in [7, 11) is 0. The Kier molecular flexibility index (Phi) is 3.62. The van der Waals surface area contributed by atoms with Crippen LogP contribution in [0.15, 0.2) is 30.3 Å². The van der Waals surface area contributed by atoms with E-state index in [9.17, 15) is 10.2 Å². The first-order valence-corrected chi connectivity index (χ1v) is 6.19. The number of benzene rings is 1. The van der Waals surface area contributed by atoms with E-state index >= 15 is 0 Å². The molecule has 1 aromatic carbocycles. The Morgan fingerprint density at radius 1 is 1.00 bits per heavy atom. The molecule has 0 bridgehead atoms.